The molecule has 0 spiro atoms. The number of methoxy groups -OCH3 is 1. The van der Waals surface area contributed by atoms with E-state index in [0.717, 1.165) is 10.0 Å². The summed E-state index contributed by atoms with van der Waals surface area (Å²) in [6.07, 6.45) is 1.61. The summed E-state index contributed by atoms with van der Waals surface area (Å²) in [7, 11) is 1.58. The Labute approximate surface area is 131 Å². The predicted octanol–water partition coefficient (Wildman–Crippen LogP) is 3.67. The Hall–Kier alpha value is -2.27. The Morgan fingerprint density at radius 1 is 1.24 bits per heavy atom. The van der Waals surface area contributed by atoms with Gasteiger partial charge in [-0.05, 0) is 57.4 Å². The quantitative estimate of drug-likeness (QED) is 0.502. The van der Waals surface area contributed by atoms with Crippen molar-refractivity contribution in [2.45, 2.75) is 0 Å². The Morgan fingerprint density at radius 2 is 1.90 bits per heavy atom. The third kappa shape index (κ3) is 3.64. The van der Waals surface area contributed by atoms with Crippen LogP contribution in [0.5, 0.6) is 5.75 Å². The second-order valence-corrected chi connectivity index (χ2v) is 5.23. The van der Waals surface area contributed by atoms with E-state index in [9.17, 15) is 9.90 Å². The van der Waals surface area contributed by atoms with Crippen molar-refractivity contribution in [2.75, 3.05) is 12.8 Å². The molecule has 0 amide bonds. The summed E-state index contributed by atoms with van der Waals surface area (Å²) < 4.78 is 5.92. The number of benzene rings is 2. The number of halogens is 1. The lowest BCUT2D eigenvalue weighted by Crippen LogP contribution is -2.00. The third-order valence-corrected chi connectivity index (χ3v) is 3.56. The molecule has 0 fully saturated rings. The second-order valence-electron chi connectivity index (χ2n) is 4.38. The van der Waals surface area contributed by atoms with Crippen LogP contribution >= 0.6 is 15.9 Å². The summed E-state index contributed by atoms with van der Waals surface area (Å²) in [6, 6.07) is 12.1. The number of carboxylic acid groups (broad SMARTS) is 1. The van der Waals surface area contributed by atoms with Crippen LogP contribution < -0.4 is 10.5 Å². The molecule has 0 aliphatic carbocycles. The van der Waals surface area contributed by atoms with Gasteiger partial charge < -0.3 is 15.6 Å². The van der Waals surface area contributed by atoms with Crippen LogP contribution in [0.15, 0.2) is 46.9 Å². The van der Waals surface area contributed by atoms with Gasteiger partial charge in [-0.2, -0.15) is 0 Å². The highest BCUT2D eigenvalue weighted by molar-refractivity contribution is 9.10. The number of carboxylic acids is 1. The largest absolute Gasteiger partial charge is 0.496 e. The van der Waals surface area contributed by atoms with E-state index < -0.39 is 5.97 Å². The van der Waals surface area contributed by atoms with Gasteiger partial charge in [0.15, 0.2) is 0 Å². The van der Waals surface area contributed by atoms with Gasteiger partial charge in [0.1, 0.15) is 5.75 Å². The van der Waals surface area contributed by atoms with Gasteiger partial charge >= 0.3 is 5.97 Å². The van der Waals surface area contributed by atoms with Crippen LogP contribution in [0.25, 0.3) is 11.6 Å². The van der Waals surface area contributed by atoms with E-state index in [1.165, 1.54) is 0 Å². The van der Waals surface area contributed by atoms with Gasteiger partial charge in [0.05, 0.1) is 17.2 Å². The van der Waals surface area contributed by atoms with E-state index in [4.69, 9.17) is 10.5 Å². The number of nitrogen functional groups attached to an aromatic ring is 1. The fourth-order valence-corrected chi connectivity index (χ4v) is 2.43. The van der Waals surface area contributed by atoms with Gasteiger partial charge in [0.2, 0.25) is 0 Å². The zero-order chi connectivity index (χ0) is 15.4. The van der Waals surface area contributed by atoms with Crippen LogP contribution in [0, 0.1) is 0 Å². The molecule has 21 heavy (non-hydrogen) atoms. The van der Waals surface area contributed by atoms with Crippen molar-refractivity contribution in [1.82, 2.24) is 0 Å². The van der Waals surface area contributed by atoms with Crippen LogP contribution in [0.1, 0.15) is 11.1 Å². The summed E-state index contributed by atoms with van der Waals surface area (Å²) in [6.45, 7) is 0. The van der Waals surface area contributed by atoms with Gasteiger partial charge in [0.25, 0.3) is 0 Å². The highest BCUT2D eigenvalue weighted by Crippen LogP contribution is 2.28. The lowest BCUT2D eigenvalue weighted by molar-refractivity contribution is -0.130. The molecule has 0 heterocycles. The van der Waals surface area contributed by atoms with Crippen molar-refractivity contribution in [1.29, 1.82) is 0 Å². The summed E-state index contributed by atoms with van der Waals surface area (Å²) in [5, 5.41) is 9.39. The maximum atomic E-state index is 11.5. The van der Waals surface area contributed by atoms with Gasteiger partial charge in [0, 0.05) is 5.69 Å². The molecule has 0 bridgehead atoms. The molecule has 0 saturated heterocycles. The molecule has 0 radical (unpaired) electrons. The molecule has 2 aromatic carbocycles. The first-order valence-corrected chi connectivity index (χ1v) is 6.95. The molecule has 0 unspecified atom stereocenters. The first kappa shape index (κ1) is 15.1. The van der Waals surface area contributed by atoms with E-state index in [1.807, 2.05) is 0 Å². The zero-order valence-electron chi connectivity index (χ0n) is 11.3. The minimum Gasteiger partial charge on any atom is -0.496 e. The number of ether oxygens (including phenoxy) is 1. The molecule has 4 nitrogen and oxygen atoms in total. The summed E-state index contributed by atoms with van der Waals surface area (Å²) in [5.41, 5.74) is 7.78. The lowest BCUT2D eigenvalue weighted by Gasteiger charge is -2.06. The molecule has 5 heteroatoms. The normalized spacial score (nSPS) is 11.2. The van der Waals surface area contributed by atoms with Gasteiger partial charge in [-0.25, -0.2) is 4.79 Å². The third-order valence-electron chi connectivity index (χ3n) is 2.94. The molecule has 0 atom stereocenters. The minimum atomic E-state index is -0.994. The average molecular weight is 348 g/mol. The summed E-state index contributed by atoms with van der Waals surface area (Å²) >= 11 is 3.38. The van der Waals surface area contributed by atoms with Crippen LogP contribution in [-0.2, 0) is 4.79 Å². The molecule has 0 saturated carbocycles. The first-order valence-electron chi connectivity index (χ1n) is 6.15. The smallest absolute Gasteiger partial charge is 0.336 e. The zero-order valence-corrected chi connectivity index (χ0v) is 12.9. The molecular weight excluding hydrogens is 334 g/mol. The van der Waals surface area contributed by atoms with Crippen molar-refractivity contribution in [3.8, 4) is 5.75 Å². The molecule has 0 aliphatic heterocycles. The van der Waals surface area contributed by atoms with Crippen LogP contribution in [0.2, 0.25) is 0 Å². The summed E-state index contributed by atoms with van der Waals surface area (Å²) in [4.78, 5) is 11.5. The molecule has 0 aliphatic rings. The van der Waals surface area contributed by atoms with Crippen molar-refractivity contribution < 1.29 is 14.6 Å². The Balaban J connectivity index is 2.45. The van der Waals surface area contributed by atoms with Crippen molar-refractivity contribution in [2.24, 2.45) is 0 Å². The number of hydrogen-bond donors (Lipinski definition) is 2. The monoisotopic (exact) mass is 347 g/mol. The average Bonchev–Trinajstić information content (AvgIpc) is 2.46. The minimum absolute atomic E-state index is 0.201. The van der Waals surface area contributed by atoms with Crippen molar-refractivity contribution >= 4 is 39.2 Å². The predicted molar refractivity (Wildman–Crippen MR) is 87.1 cm³/mol. The fourth-order valence-electron chi connectivity index (χ4n) is 1.87. The number of anilines is 1. The highest BCUT2D eigenvalue weighted by atomic mass is 79.9. The maximum Gasteiger partial charge on any atom is 0.336 e. The first-order chi connectivity index (χ1) is 10.0. The van der Waals surface area contributed by atoms with E-state index in [2.05, 4.69) is 15.9 Å². The molecule has 2 aromatic rings. The topological polar surface area (TPSA) is 72.5 Å². The maximum absolute atomic E-state index is 11.5. The highest BCUT2D eigenvalue weighted by Gasteiger charge is 2.11. The number of carbonyl (C=O) groups is 1. The van der Waals surface area contributed by atoms with Gasteiger partial charge in [-0.3, -0.25) is 0 Å². The number of aliphatic carboxylic acids is 1. The Kier molecular flexibility index (Phi) is 4.65. The molecule has 2 rings (SSSR count). The van der Waals surface area contributed by atoms with E-state index >= 15 is 0 Å². The van der Waals surface area contributed by atoms with Crippen molar-refractivity contribution in [3.63, 3.8) is 0 Å². The van der Waals surface area contributed by atoms with E-state index in [-0.39, 0.29) is 5.57 Å². The lowest BCUT2D eigenvalue weighted by atomic mass is 10.0. The molecule has 108 valence electrons. The fraction of sp³-hybridized carbons (Fsp3) is 0.0625. The van der Waals surface area contributed by atoms with E-state index in [1.54, 1.807) is 55.7 Å². The van der Waals surface area contributed by atoms with Crippen LogP contribution in [0.4, 0.5) is 5.69 Å². The number of nitrogens with two attached hydrogens (primary N) is 1. The standard InChI is InChI=1S/C16H14BrNO3/c1-21-15-7-2-10(9-14(15)17)8-13(16(19)20)11-3-5-12(18)6-4-11/h2-9H,18H2,1H3,(H,19,20)/b13-8-. The SMILES string of the molecule is COc1ccc(/C=C(\C(=O)O)c2ccc(N)cc2)cc1Br. The van der Waals surface area contributed by atoms with Crippen LogP contribution in [-0.4, -0.2) is 18.2 Å². The molecule has 3 N–H and O–H groups in total. The summed E-state index contributed by atoms with van der Waals surface area (Å²) in [5.74, 6) is -0.303. The van der Waals surface area contributed by atoms with E-state index in [0.29, 0.717) is 17.0 Å². The van der Waals surface area contributed by atoms with Gasteiger partial charge in [-0.15, -0.1) is 0 Å². The second kappa shape index (κ2) is 6.45. The van der Waals surface area contributed by atoms with Crippen molar-refractivity contribution in [3.05, 3.63) is 58.1 Å². The molecular formula is C16H14BrNO3. The Bertz CT molecular complexity index is 693. The number of hydrogen-bond acceptors (Lipinski definition) is 3. The number of rotatable bonds is 4. The van der Waals surface area contributed by atoms with Gasteiger partial charge in [-0.1, -0.05) is 18.2 Å². The van der Waals surface area contributed by atoms with Crippen LogP contribution in [0.3, 0.4) is 0 Å². The Morgan fingerprint density at radius 3 is 2.43 bits per heavy atom. The molecule has 0 aromatic heterocycles.